The van der Waals surface area contributed by atoms with E-state index in [4.69, 9.17) is 11.6 Å². The van der Waals surface area contributed by atoms with Crippen LogP contribution in [0.3, 0.4) is 0 Å². The van der Waals surface area contributed by atoms with E-state index >= 15 is 0 Å². The van der Waals surface area contributed by atoms with E-state index in [9.17, 15) is 13.9 Å². The molecular formula is C10H9ClF2O. The average Bonchev–Trinajstić information content (AvgIpc) is 2.14. The van der Waals surface area contributed by atoms with Crippen LogP contribution in [0.4, 0.5) is 8.78 Å². The minimum atomic E-state index is -0.991. The van der Waals surface area contributed by atoms with Gasteiger partial charge in [-0.25, -0.2) is 8.78 Å². The molecule has 14 heavy (non-hydrogen) atoms. The van der Waals surface area contributed by atoms with Crippen LogP contribution in [0, 0.1) is 11.6 Å². The van der Waals surface area contributed by atoms with Gasteiger partial charge in [0.1, 0.15) is 0 Å². The number of halogens is 3. The van der Waals surface area contributed by atoms with E-state index in [0.29, 0.717) is 18.4 Å². The lowest BCUT2D eigenvalue weighted by Crippen LogP contribution is -2.13. The van der Waals surface area contributed by atoms with Gasteiger partial charge in [-0.3, -0.25) is 0 Å². The van der Waals surface area contributed by atoms with Crippen molar-refractivity contribution < 1.29 is 13.9 Å². The Labute approximate surface area is 85.3 Å². The van der Waals surface area contributed by atoms with Crippen molar-refractivity contribution in [3.05, 3.63) is 33.9 Å². The normalized spacial score (nSPS) is 20.7. The number of benzene rings is 1. The van der Waals surface area contributed by atoms with Gasteiger partial charge in [-0.2, -0.15) is 0 Å². The van der Waals surface area contributed by atoms with Gasteiger partial charge in [-0.15, -0.1) is 0 Å². The molecule has 2 rings (SSSR count). The van der Waals surface area contributed by atoms with Gasteiger partial charge >= 0.3 is 0 Å². The molecule has 0 unspecified atom stereocenters. The summed E-state index contributed by atoms with van der Waals surface area (Å²) in [7, 11) is 0. The van der Waals surface area contributed by atoms with E-state index in [-0.39, 0.29) is 10.6 Å². The molecule has 0 saturated heterocycles. The van der Waals surface area contributed by atoms with Gasteiger partial charge in [0.15, 0.2) is 11.6 Å². The highest BCUT2D eigenvalue weighted by Crippen LogP contribution is 2.36. The van der Waals surface area contributed by atoms with Crippen molar-refractivity contribution >= 4 is 11.6 Å². The highest BCUT2D eigenvalue weighted by molar-refractivity contribution is 6.31. The predicted octanol–water partition coefficient (Wildman–Crippen LogP) is 2.99. The summed E-state index contributed by atoms with van der Waals surface area (Å²) in [6.07, 6.45) is 0.886. The van der Waals surface area contributed by atoms with E-state index in [1.165, 1.54) is 0 Å². The Hall–Kier alpha value is -0.670. The molecule has 1 nitrogen and oxygen atoms in total. The monoisotopic (exact) mass is 218 g/mol. The van der Waals surface area contributed by atoms with Crippen LogP contribution in [0.1, 0.15) is 30.1 Å². The number of aliphatic hydroxyl groups excluding tert-OH is 1. The van der Waals surface area contributed by atoms with E-state index in [2.05, 4.69) is 0 Å². The number of aliphatic hydroxyl groups is 1. The number of hydrogen-bond donors (Lipinski definition) is 1. The van der Waals surface area contributed by atoms with Crippen LogP contribution in [0.2, 0.25) is 5.02 Å². The largest absolute Gasteiger partial charge is 0.388 e. The molecule has 76 valence electrons. The Kier molecular flexibility index (Phi) is 2.45. The lowest BCUT2D eigenvalue weighted by atomic mass is 9.89. The fourth-order valence-electron chi connectivity index (χ4n) is 1.87. The molecule has 0 bridgehead atoms. The zero-order chi connectivity index (χ0) is 10.3. The molecule has 1 aromatic rings. The lowest BCUT2D eigenvalue weighted by Gasteiger charge is -2.22. The molecule has 0 heterocycles. The van der Waals surface area contributed by atoms with Gasteiger partial charge in [0, 0.05) is 10.6 Å². The summed E-state index contributed by atoms with van der Waals surface area (Å²) in [5.74, 6) is -1.95. The van der Waals surface area contributed by atoms with Gasteiger partial charge in [-0.05, 0) is 30.9 Å². The number of hydrogen-bond acceptors (Lipinski definition) is 1. The standard InChI is InChI=1S/C10H9ClF2O/c11-6-4-7(12)10(13)9-5(6)2-1-3-8(9)14/h4,8,14H,1-3H2/t8-/m0/s1. The fourth-order valence-corrected chi connectivity index (χ4v) is 2.16. The summed E-state index contributed by atoms with van der Waals surface area (Å²) in [5.41, 5.74) is 0.588. The van der Waals surface area contributed by atoms with Gasteiger partial charge in [-0.1, -0.05) is 11.6 Å². The van der Waals surface area contributed by atoms with Crippen molar-refractivity contribution in [1.82, 2.24) is 0 Å². The first-order valence-corrected chi connectivity index (χ1v) is 4.83. The minimum Gasteiger partial charge on any atom is -0.388 e. The number of rotatable bonds is 0. The topological polar surface area (TPSA) is 20.2 Å². The Morgan fingerprint density at radius 1 is 1.43 bits per heavy atom. The summed E-state index contributed by atoms with van der Waals surface area (Å²) in [5, 5.41) is 9.73. The molecule has 1 atom stereocenters. The summed E-state index contributed by atoms with van der Waals surface area (Å²) >= 11 is 5.77. The molecule has 1 aromatic carbocycles. The molecule has 4 heteroatoms. The molecule has 0 amide bonds. The van der Waals surface area contributed by atoms with Crippen molar-refractivity contribution in [3.8, 4) is 0 Å². The molecule has 0 aromatic heterocycles. The van der Waals surface area contributed by atoms with E-state index in [0.717, 1.165) is 12.5 Å². The second kappa shape index (κ2) is 3.48. The Morgan fingerprint density at radius 2 is 2.14 bits per heavy atom. The highest BCUT2D eigenvalue weighted by Gasteiger charge is 2.26. The van der Waals surface area contributed by atoms with Crippen molar-refractivity contribution in [2.75, 3.05) is 0 Å². The maximum Gasteiger partial charge on any atom is 0.164 e. The van der Waals surface area contributed by atoms with Crippen molar-refractivity contribution in [2.45, 2.75) is 25.4 Å². The molecule has 0 aliphatic heterocycles. The predicted molar refractivity (Wildman–Crippen MR) is 49.3 cm³/mol. The first-order chi connectivity index (χ1) is 6.61. The second-order valence-electron chi connectivity index (χ2n) is 3.45. The van der Waals surface area contributed by atoms with Crippen LogP contribution < -0.4 is 0 Å². The molecule has 0 radical (unpaired) electrons. The first kappa shape index (κ1) is 9.87. The van der Waals surface area contributed by atoms with Gasteiger partial charge in [0.25, 0.3) is 0 Å². The molecule has 0 saturated carbocycles. The van der Waals surface area contributed by atoms with Gasteiger partial charge in [0.2, 0.25) is 0 Å². The smallest absolute Gasteiger partial charge is 0.164 e. The average molecular weight is 219 g/mol. The summed E-state index contributed by atoms with van der Waals surface area (Å²) in [6.45, 7) is 0. The third-order valence-electron chi connectivity index (χ3n) is 2.55. The van der Waals surface area contributed by atoms with Crippen LogP contribution in [0.15, 0.2) is 6.07 Å². The van der Waals surface area contributed by atoms with Crippen LogP contribution >= 0.6 is 11.6 Å². The first-order valence-electron chi connectivity index (χ1n) is 4.45. The van der Waals surface area contributed by atoms with E-state index < -0.39 is 17.7 Å². The van der Waals surface area contributed by atoms with Crippen molar-refractivity contribution in [2.24, 2.45) is 0 Å². The fraction of sp³-hybridized carbons (Fsp3) is 0.400. The molecule has 0 spiro atoms. The highest BCUT2D eigenvalue weighted by atomic mass is 35.5. The maximum absolute atomic E-state index is 13.3. The van der Waals surface area contributed by atoms with E-state index in [1.807, 2.05) is 0 Å². The molecule has 0 fully saturated rings. The third kappa shape index (κ3) is 1.41. The zero-order valence-corrected chi connectivity index (χ0v) is 8.11. The van der Waals surface area contributed by atoms with Crippen LogP contribution in [0.5, 0.6) is 0 Å². The lowest BCUT2D eigenvalue weighted by molar-refractivity contribution is 0.150. The molecule has 1 aliphatic carbocycles. The van der Waals surface area contributed by atoms with Gasteiger partial charge < -0.3 is 5.11 Å². The third-order valence-corrected chi connectivity index (χ3v) is 2.89. The second-order valence-corrected chi connectivity index (χ2v) is 3.86. The quantitative estimate of drug-likeness (QED) is 0.664. The van der Waals surface area contributed by atoms with Gasteiger partial charge in [0.05, 0.1) is 6.10 Å². The zero-order valence-electron chi connectivity index (χ0n) is 7.36. The van der Waals surface area contributed by atoms with Crippen LogP contribution in [-0.4, -0.2) is 5.11 Å². The van der Waals surface area contributed by atoms with Crippen LogP contribution in [0.25, 0.3) is 0 Å². The number of fused-ring (bicyclic) bond motifs is 1. The Bertz CT molecular complexity index is 379. The Morgan fingerprint density at radius 3 is 2.86 bits per heavy atom. The molecule has 1 aliphatic rings. The van der Waals surface area contributed by atoms with E-state index in [1.54, 1.807) is 0 Å². The Balaban J connectivity index is 2.67. The molecule has 1 N–H and O–H groups in total. The SMILES string of the molecule is O[C@H]1CCCc2c(Cl)cc(F)c(F)c21. The minimum absolute atomic E-state index is 0.0428. The summed E-state index contributed by atoms with van der Waals surface area (Å²) < 4.78 is 26.3. The summed E-state index contributed by atoms with van der Waals surface area (Å²) in [6, 6.07) is 0.966. The maximum atomic E-state index is 13.3. The summed E-state index contributed by atoms with van der Waals surface area (Å²) in [4.78, 5) is 0. The van der Waals surface area contributed by atoms with Crippen molar-refractivity contribution in [1.29, 1.82) is 0 Å². The van der Waals surface area contributed by atoms with Crippen LogP contribution in [-0.2, 0) is 6.42 Å². The van der Waals surface area contributed by atoms with Crippen molar-refractivity contribution in [3.63, 3.8) is 0 Å². The molecular weight excluding hydrogens is 210 g/mol.